The van der Waals surface area contributed by atoms with Crippen LogP contribution in [-0.4, -0.2) is 25.4 Å². The Morgan fingerprint density at radius 3 is 3.12 bits per heavy atom. The molecule has 1 atom stereocenters. The SMILES string of the molecule is C[C@@H]1Cc2[nH]cc(C(=O)Nc3cnc4ccccc4c3)c2-c2nccn21. The van der Waals surface area contributed by atoms with Crippen LogP contribution in [0.15, 0.2) is 55.1 Å². The number of pyridine rings is 1. The van der Waals surface area contributed by atoms with Crippen molar-refractivity contribution in [3.05, 3.63) is 66.4 Å². The zero-order valence-electron chi connectivity index (χ0n) is 14.2. The molecule has 0 spiro atoms. The van der Waals surface area contributed by atoms with Crippen LogP contribution in [-0.2, 0) is 6.42 Å². The maximum Gasteiger partial charge on any atom is 0.258 e. The van der Waals surface area contributed by atoms with E-state index in [1.807, 2.05) is 36.5 Å². The van der Waals surface area contributed by atoms with Crippen LogP contribution in [0.1, 0.15) is 29.0 Å². The van der Waals surface area contributed by atoms with Crippen LogP contribution < -0.4 is 5.32 Å². The largest absolute Gasteiger partial charge is 0.364 e. The van der Waals surface area contributed by atoms with Crippen molar-refractivity contribution in [1.29, 1.82) is 0 Å². The Morgan fingerprint density at radius 2 is 2.19 bits per heavy atom. The predicted octanol–water partition coefficient (Wildman–Crippen LogP) is 3.80. The predicted molar refractivity (Wildman–Crippen MR) is 100 cm³/mol. The number of aromatic nitrogens is 4. The fourth-order valence-corrected chi connectivity index (χ4v) is 3.66. The number of aromatic amines is 1. The molecule has 1 aliphatic rings. The lowest BCUT2D eigenvalue weighted by atomic mass is 10.0. The van der Waals surface area contributed by atoms with Crippen LogP contribution in [0.4, 0.5) is 5.69 Å². The Kier molecular flexibility index (Phi) is 3.18. The van der Waals surface area contributed by atoms with Crippen molar-refractivity contribution in [2.24, 2.45) is 0 Å². The number of carbonyl (C=O) groups excluding carboxylic acids is 1. The Morgan fingerprint density at radius 1 is 1.31 bits per heavy atom. The van der Waals surface area contributed by atoms with Crippen molar-refractivity contribution in [3.63, 3.8) is 0 Å². The van der Waals surface area contributed by atoms with Gasteiger partial charge in [0.1, 0.15) is 5.82 Å². The molecule has 0 saturated carbocycles. The molecule has 0 saturated heterocycles. The lowest BCUT2D eigenvalue weighted by molar-refractivity contribution is 0.102. The monoisotopic (exact) mass is 343 g/mol. The second kappa shape index (κ2) is 5.56. The van der Waals surface area contributed by atoms with Gasteiger partial charge in [-0.15, -0.1) is 0 Å². The summed E-state index contributed by atoms with van der Waals surface area (Å²) in [7, 11) is 0. The van der Waals surface area contributed by atoms with E-state index in [9.17, 15) is 4.79 Å². The number of rotatable bonds is 2. The molecule has 0 fully saturated rings. The maximum atomic E-state index is 12.9. The minimum absolute atomic E-state index is 0.163. The van der Waals surface area contributed by atoms with Crippen molar-refractivity contribution in [3.8, 4) is 11.4 Å². The van der Waals surface area contributed by atoms with Crippen molar-refractivity contribution >= 4 is 22.5 Å². The Bertz CT molecular complexity index is 1140. The Hall–Kier alpha value is -3.41. The first-order chi connectivity index (χ1) is 12.7. The lowest BCUT2D eigenvalue weighted by Gasteiger charge is -2.22. The summed E-state index contributed by atoms with van der Waals surface area (Å²) in [6, 6.07) is 10.1. The minimum atomic E-state index is -0.163. The molecule has 4 aromatic rings. The van der Waals surface area contributed by atoms with Crippen molar-refractivity contribution in [2.75, 3.05) is 5.32 Å². The van der Waals surface area contributed by atoms with Crippen LogP contribution in [0, 0.1) is 0 Å². The third kappa shape index (κ3) is 2.23. The standard InChI is InChI=1S/C20H17N5O/c1-12-8-17-18(19-21-6-7-25(12)19)15(11-23-17)20(26)24-14-9-13-4-2-3-5-16(13)22-10-14/h2-7,9-12,23H,8H2,1H3,(H,24,26)/t12-/m1/s1. The first-order valence-corrected chi connectivity index (χ1v) is 8.60. The van der Waals surface area contributed by atoms with Gasteiger partial charge in [-0.2, -0.15) is 0 Å². The molecule has 0 unspecified atom stereocenters. The van der Waals surface area contributed by atoms with Gasteiger partial charge in [0.25, 0.3) is 5.91 Å². The molecule has 6 nitrogen and oxygen atoms in total. The molecule has 0 aliphatic carbocycles. The van der Waals surface area contributed by atoms with Crippen LogP contribution in [0.2, 0.25) is 0 Å². The molecule has 128 valence electrons. The first-order valence-electron chi connectivity index (χ1n) is 8.60. The number of H-pyrrole nitrogens is 1. The van der Waals surface area contributed by atoms with Gasteiger partial charge in [0.2, 0.25) is 0 Å². The zero-order valence-corrected chi connectivity index (χ0v) is 14.2. The minimum Gasteiger partial charge on any atom is -0.364 e. The van der Waals surface area contributed by atoms with Crippen LogP contribution in [0.5, 0.6) is 0 Å². The highest BCUT2D eigenvalue weighted by molar-refractivity contribution is 6.09. The summed E-state index contributed by atoms with van der Waals surface area (Å²) in [5.74, 6) is 0.672. The molecule has 3 aromatic heterocycles. The number of nitrogens with one attached hydrogen (secondary N) is 2. The molecule has 6 heteroatoms. The summed E-state index contributed by atoms with van der Waals surface area (Å²) in [6.45, 7) is 2.15. The van der Waals surface area contributed by atoms with Crippen molar-refractivity contribution < 1.29 is 4.79 Å². The highest BCUT2D eigenvalue weighted by Crippen LogP contribution is 2.35. The fraction of sp³-hybridized carbons (Fsp3) is 0.150. The molecule has 0 radical (unpaired) electrons. The van der Waals surface area contributed by atoms with Gasteiger partial charge in [-0.25, -0.2) is 4.98 Å². The smallest absolute Gasteiger partial charge is 0.258 e. The lowest BCUT2D eigenvalue weighted by Crippen LogP contribution is -2.18. The van der Waals surface area contributed by atoms with Gasteiger partial charge < -0.3 is 14.9 Å². The zero-order chi connectivity index (χ0) is 17.7. The summed E-state index contributed by atoms with van der Waals surface area (Å²) >= 11 is 0. The summed E-state index contributed by atoms with van der Waals surface area (Å²) in [4.78, 5) is 25.0. The highest BCUT2D eigenvalue weighted by atomic mass is 16.1. The normalized spacial score (nSPS) is 15.5. The average Bonchev–Trinajstić information content (AvgIpc) is 3.28. The van der Waals surface area contributed by atoms with Crippen LogP contribution in [0.3, 0.4) is 0 Å². The van der Waals surface area contributed by atoms with E-state index in [-0.39, 0.29) is 5.91 Å². The number of carbonyl (C=O) groups is 1. The molecular formula is C20H17N5O. The van der Waals surface area contributed by atoms with Gasteiger partial charge in [0.05, 0.1) is 28.5 Å². The van der Waals surface area contributed by atoms with E-state index in [0.717, 1.165) is 34.4 Å². The van der Waals surface area contributed by atoms with E-state index in [1.165, 1.54) is 0 Å². The third-order valence-electron chi connectivity index (χ3n) is 4.92. The van der Waals surface area contributed by atoms with E-state index in [1.54, 1.807) is 18.6 Å². The molecule has 26 heavy (non-hydrogen) atoms. The van der Waals surface area contributed by atoms with Gasteiger partial charge >= 0.3 is 0 Å². The quantitative estimate of drug-likeness (QED) is 0.581. The second-order valence-corrected chi connectivity index (χ2v) is 6.64. The summed E-state index contributed by atoms with van der Waals surface area (Å²) < 4.78 is 2.12. The number of nitrogens with zero attached hydrogens (tertiary/aromatic N) is 3. The molecule has 1 amide bonds. The van der Waals surface area contributed by atoms with Gasteiger partial charge in [0, 0.05) is 42.1 Å². The molecule has 1 aliphatic heterocycles. The van der Waals surface area contributed by atoms with Crippen molar-refractivity contribution in [2.45, 2.75) is 19.4 Å². The number of amides is 1. The van der Waals surface area contributed by atoms with E-state index >= 15 is 0 Å². The van der Waals surface area contributed by atoms with Crippen LogP contribution >= 0.6 is 0 Å². The topological polar surface area (TPSA) is 75.6 Å². The number of hydrogen-bond donors (Lipinski definition) is 2. The number of benzene rings is 1. The van der Waals surface area contributed by atoms with Gasteiger partial charge in [-0.05, 0) is 19.1 Å². The van der Waals surface area contributed by atoms with E-state index in [0.29, 0.717) is 17.3 Å². The number of fused-ring (bicyclic) bond motifs is 4. The summed E-state index contributed by atoms with van der Waals surface area (Å²) in [6.07, 6.45) is 8.05. The highest BCUT2D eigenvalue weighted by Gasteiger charge is 2.28. The number of anilines is 1. The molecular weight excluding hydrogens is 326 g/mol. The van der Waals surface area contributed by atoms with E-state index < -0.39 is 0 Å². The molecule has 1 aromatic carbocycles. The van der Waals surface area contributed by atoms with Gasteiger partial charge in [-0.1, -0.05) is 18.2 Å². The van der Waals surface area contributed by atoms with Gasteiger partial charge in [-0.3, -0.25) is 9.78 Å². The Labute approximate surface area is 149 Å². The second-order valence-electron chi connectivity index (χ2n) is 6.64. The summed E-state index contributed by atoms with van der Waals surface area (Å²) in [5, 5.41) is 3.95. The molecule has 2 N–H and O–H groups in total. The third-order valence-corrected chi connectivity index (χ3v) is 4.92. The van der Waals surface area contributed by atoms with E-state index in [4.69, 9.17) is 0 Å². The average molecular weight is 343 g/mol. The number of imidazole rings is 1. The first kappa shape index (κ1) is 14.9. The summed E-state index contributed by atoms with van der Waals surface area (Å²) in [5.41, 5.74) is 4.13. The number of para-hydroxylation sites is 1. The molecule has 0 bridgehead atoms. The fourth-order valence-electron chi connectivity index (χ4n) is 3.66. The maximum absolute atomic E-state index is 12.9. The van der Waals surface area contributed by atoms with Crippen LogP contribution in [0.25, 0.3) is 22.3 Å². The molecule has 4 heterocycles. The van der Waals surface area contributed by atoms with Crippen molar-refractivity contribution in [1.82, 2.24) is 19.5 Å². The van der Waals surface area contributed by atoms with E-state index in [2.05, 4.69) is 31.8 Å². The number of hydrogen-bond acceptors (Lipinski definition) is 3. The molecule has 5 rings (SSSR count). The van der Waals surface area contributed by atoms with Gasteiger partial charge in [0.15, 0.2) is 0 Å². The Balaban J connectivity index is 1.51.